The highest BCUT2D eigenvalue weighted by molar-refractivity contribution is 6.00. The van der Waals surface area contributed by atoms with E-state index in [1.165, 1.54) is 6.07 Å². The van der Waals surface area contributed by atoms with E-state index in [-0.39, 0.29) is 11.7 Å². The van der Waals surface area contributed by atoms with Gasteiger partial charge in [-0.3, -0.25) is 9.89 Å². The maximum absolute atomic E-state index is 14.7. The summed E-state index contributed by atoms with van der Waals surface area (Å²) in [5.74, 6) is -0.496. The average Bonchev–Trinajstić information content (AvgIpc) is 3.23. The molecule has 1 aliphatic heterocycles. The predicted octanol–water partition coefficient (Wildman–Crippen LogP) is 3.80. The molecule has 0 bridgehead atoms. The molecule has 1 amide bonds. The van der Waals surface area contributed by atoms with Crippen molar-refractivity contribution in [3.05, 3.63) is 77.2 Å². The van der Waals surface area contributed by atoms with Crippen LogP contribution in [0.4, 0.5) is 4.39 Å². The Balaban J connectivity index is 1.84. The first-order chi connectivity index (χ1) is 13.2. The molecule has 1 aliphatic rings. The number of nitrogens with one attached hydrogen (secondary N) is 1. The molecule has 4 rings (SSSR count). The van der Waals surface area contributed by atoms with Crippen molar-refractivity contribution < 1.29 is 13.9 Å². The van der Waals surface area contributed by atoms with E-state index in [0.717, 1.165) is 11.1 Å². The van der Waals surface area contributed by atoms with Crippen LogP contribution in [0.15, 0.2) is 54.6 Å². The van der Waals surface area contributed by atoms with Gasteiger partial charge >= 0.3 is 0 Å². The lowest BCUT2D eigenvalue weighted by Crippen LogP contribution is -2.31. The highest BCUT2D eigenvalue weighted by Gasteiger charge is 2.42. The summed E-state index contributed by atoms with van der Waals surface area (Å²) in [6, 6.07) is 15.7. The monoisotopic (exact) mass is 365 g/mol. The number of carbonyl (C=O) groups is 1. The second kappa shape index (κ2) is 7.32. The molecule has 2 heterocycles. The molecular formula is C21H20FN3O2. The van der Waals surface area contributed by atoms with Gasteiger partial charge in [0.2, 0.25) is 0 Å². The van der Waals surface area contributed by atoms with Gasteiger partial charge in [-0.15, -0.1) is 0 Å². The lowest BCUT2D eigenvalue weighted by atomic mass is 9.95. The van der Waals surface area contributed by atoms with Crippen LogP contribution in [0, 0.1) is 5.82 Å². The van der Waals surface area contributed by atoms with Crippen molar-refractivity contribution in [1.29, 1.82) is 0 Å². The van der Waals surface area contributed by atoms with Gasteiger partial charge in [0.1, 0.15) is 11.5 Å². The Labute approximate surface area is 156 Å². The molecule has 6 heteroatoms. The number of benzene rings is 2. The van der Waals surface area contributed by atoms with Gasteiger partial charge in [-0.2, -0.15) is 5.10 Å². The third-order valence-electron chi connectivity index (χ3n) is 4.86. The molecule has 0 fully saturated rings. The van der Waals surface area contributed by atoms with E-state index in [0.29, 0.717) is 36.5 Å². The van der Waals surface area contributed by atoms with Crippen molar-refractivity contribution in [3.63, 3.8) is 0 Å². The van der Waals surface area contributed by atoms with Gasteiger partial charge in [0.05, 0.1) is 11.7 Å². The van der Waals surface area contributed by atoms with Crippen molar-refractivity contribution >= 4 is 5.91 Å². The Kier molecular flexibility index (Phi) is 4.73. The van der Waals surface area contributed by atoms with Crippen LogP contribution >= 0.6 is 0 Å². The Bertz CT molecular complexity index is 955. The Morgan fingerprint density at radius 2 is 1.89 bits per heavy atom. The van der Waals surface area contributed by atoms with Crippen LogP contribution in [-0.4, -0.2) is 41.3 Å². The number of methoxy groups -OCH3 is 1. The maximum Gasteiger partial charge on any atom is 0.273 e. The van der Waals surface area contributed by atoms with Crippen molar-refractivity contribution in [3.8, 4) is 11.3 Å². The molecular weight excluding hydrogens is 345 g/mol. The van der Waals surface area contributed by atoms with Crippen molar-refractivity contribution in [1.82, 2.24) is 15.1 Å². The van der Waals surface area contributed by atoms with Gasteiger partial charge in [0.15, 0.2) is 0 Å². The fraction of sp³-hybridized carbons (Fsp3) is 0.238. The first kappa shape index (κ1) is 17.4. The summed E-state index contributed by atoms with van der Waals surface area (Å²) < 4.78 is 19.8. The van der Waals surface area contributed by atoms with Gasteiger partial charge in [0, 0.05) is 37.0 Å². The zero-order valence-electron chi connectivity index (χ0n) is 15.0. The molecule has 3 aromatic rings. The van der Waals surface area contributed by atoms with E-state index in [1.807, 2.05) is 30.3 Å². The molecule has 1 aromatic heterocycles. The second-order valence-electron chi connectivity index (χ2n) is 6.50. The summed E-state index contributed by atoms with van der Waals surface area (Å²) >= 11 is 0. The Morgan fingerprint density at radius 3 is 2.63 bits per heavy atom. The molecule has 0 radical (unpaired) electrons. The zero-order valence-corrected chi connectivity index (χ0v) is 15.0. The minimum Gasteiger partial charge on any atom is -0.385 e. The number of hydrogen-bond acceptors (Lipinski definition) is 3. The number of rotatable bonds is 6. The number of fused-ring (bicyclic) bond motifs is 1. The molecule has 1 N–H and O–H groups in total. The molecule has 5 nitrogen and oxygen atoms in total. The van der Waals surface area contributed by atoms with Crippen molar-refractivity contribution in [2.24, 2.45) is 0 Å². The van der Waals surface area contributed by atoms with Gasteiger partial charge in [-0.25, -0.2) is 4.39 Å². The highest BCUT2D eigenvalue weighted by Crippen LogP contribution is 2.43. The topological polar surface area (TPSA) is 58.2 Å². The van der Waals surface area contributed by atoms with Crippen LogP contribution in [0.3, 0.4) is 0 Å². The minimum absolute atomic E-state index is 0.163. The number of nitrogens with zero attached hydrogens (tertiary/aromatic N) is 2. The van der Waals surface area contributed by atoms with E-state index < -0.39 is 6.04 Å². The summed E-state index contributed by atoms with van der Waals surface area (Å²) in [5, 5.41) is 7.25. The van der Waals surface area contributed by atoms with Crippen LogP contribution < -0.4 is 0 Å². The summed E-state index contributed by atoms with van der Waals surface area (Å²) in [4.78, 5) is 14.7. The number of ether oxygens (including phenoxy) is 1. The molecule has 0 saturated heterocycles. The van der Waals surface area contributed by atoms with E-state index in [4.69, 9.17) is 4.74 Å². The van der Waals surface area contributed by atoms with Crippen LogP contribution in [0.25, 0.3) is 11.3 Å². The number of H-pyrrole nitrogens is 1. The van der Waals surface area contributed by atoms with Crippen molar-refractivity contribution in [2.45, 2.75) is 12.5 Å². The zero-order chi connectivity index (χ0) is 18.8. The molecule has 0 saturated carbocycles. The molecule has 0 aliphatic carbocycles. The highest BCUT2D eigenvalue weighted by atomic mass is 19.1. The smallest absolute Gasteiger partial charge is 0.273 e. The maximum atomic E-state index is 14.7. The molecule has 1 atom stereocenters. The lowest BCUT2D eigenvalue weighted by Gasteiger charge is -2.26. The van der Waals surface area contributed by atoms with Crippen molar-refractivity contribution in [2.75, 3.05) is 20.3 Å². The van der Waals surface area contributed by atoms with Crippen LogP contribution in [0.5, 0.6) is 0 Å². The average molecular weight is 365 g/mol. The first-order valence-corrected chi connectivity index (χ1v) is 8.90. The van der Waals surface area contributed by atoms with Gasteiger partial charge in [0.25, 0.3) is 5.91 Å². The summed E-state index contributed by atoms with van der Waals surface area (Å²) in [7, 11) is 1.63. The minimum atomic E-state index is -0.514. The van der Waals surface area contributed by atoms with E-state index in [2.05, 4.69) is 10.2 Å². The number of aromatic amines is 1. The molecule has 2 aromatic carbocycles. The lowest BCUT2D eigenvalue weighted by molar-refractivity contribution is 0.0721. The molecule has 0 spiro atoms. The summed E-state index contributed by atoms with van der Waals surface area (Å²) in [6.07, 6.45) is 0.672. The number of amides is 1. The molecule has 138 valence electrons. The number of carbonyl (C=O) groups excluding carboxylic acids is 1. The number of aromatic nitrogens is 2. The Hall–Kier alpha value is -2.99. The fourth-order valence-electron chi connectivity index (χ4n) is 3.64. The van der Waals surface area contributed by atoms with E-state index >= 15 is 0 Å². The standard InChI is InChI=1S/C21H20FN3O2/c1-27-13-7-12-25-20(15-10-5-6-11-16(15)22)17-18(14-8-3-2-4-9-14)23-24-19(17)21(25)26/h2-6,8-11,20H,7,12-13H2,1H3,(H,23,24). The third kappa shape index (κ3) is 3.02. The normalized spacial score (nSPS) is 16.0. The SMILES string of the molecule is COCCCN1C(=O)c2[nH]nc(-c3ccccc3)c2C1c1ccccc1F. The van der Waals surface area contributed by atoms with Gasteiger partial charge in [-0.1, -0.05) is 48.5 Å². The first-order valence-electron chi connectivity index (χ1n) is 8.90. The largest absolute Gasteiger partial charge is 0.385 e. The van der Waals surface area contributed by atoms with Crippen LogP contribution in [-0.2, 0) is 4.74 Å². The van der Waals surface area contributed by atoms with E-state index in [1.54, 1.807) is 30.2 Å². The van der Waals surface area contributed by atoms with Crippen LogP contribution in [0.1, 0.15) is 34.1 Å². The molecule has 1 unspecified atom stereocenters. The number of halogens is 1. The third-order valence-corrected chi connectivity index (χ3v) is 4.86. The van der Waals surface area contributed by atoms with E-state index in [9.17, 15) is 9.18 Å². The summed E-state index contributed by atoms with van der Waals surface area (Å²) in [5.41, 5.74) is 3.21. The quantitative estimate of drug-likeness (QED) is 0.676. The predicted molar refractivity (Wildman–Crippen MR) is 99.8 cm³/mol. The summed E-state index contributed by atoms with van der Waals surface area (Å²) in [6.45, 7) is 1.01. The second-order valence-corrected chi connectivity index (χ2v) is 6.50. The number of hydrogen-bond donors (Lipinski definition) is 1. The van der Waals surface area contributed by atoms with Gasteiger partial charge in [-0.05, 0) is 12.5 Å². The molecule has 27 heavy (non-hydrogen) atoms. The Morgan fingerprint density at radius 1 is 1.15 bits per heavy atom. The van der Waals surface area contributed by atoms with Crippen LogP contribution in [0.2, 0.25) is 0 Å². The van der Waals surface area contributed by atoms with Gasteiger partial charge < -0.3 is 9.64 Å². The fourth-order valence-corrected chi connectivity index (χ4v) is 3.64.